The van der Waals surface area contributed by atoms with Gasteiger partial charge in [-0.1, -0.05) is 0 Å². The molecule has 0 spiro atoms. The smallest absolute Gasteiger partial charge is 0.241 e. The Morgan fingerprint density at radius 1 is 1.16 bits per heavy atom. The number of hydrogen-bond donors (Lipinski definition) is 2. The molecular formula is C12H23ClO6. The number of halogens is 1. The number of aliphatic hydroxyl groups excluding tert-OH is 2. The minimum atomic E-state index is -1.23. The molecule has 4 atom stereocenters. The third-order valence-electron chi connectivity index (χ3n) is 3.73. The molecule has 1 aliphatic rings. The SMILES string of the molecule is COC1(OCl)CCCCC1(OC)OC(C)C(O)CO. The van der Waals surface area contributed by atoms with E-state index in [0.29, 0.717) is 12.8 Å². The summed E-state index contributed by atoms with van der Waals surface area (Å²) in [6, 6.07) is 0. The maximum absolute atomic E-state index is 9.64. The van der Waals surface area contributed by atoms with Crippen LogP contribution in [0.1, 0.15) is 32.6 Å². The maximum atomic E-state index is 9.64. The topological polar surface area (TPSA) is 77.4 Å². The first-order valence-electron chi connectivity index (χ1n) is 6.37. The second-order valence-electron chi connectivity index (χ2n) is 4.77. The third-order valence-corrected chi connectivity index (χ3v) is 3.98. The molecule has 0 saturated heterocycles. The minimum Gasteiger partial charge on any atom is -0.394 e. The summed E-state index contributed by atoms with van der Waals surface area (Å²) in [6.07, 6.45) is 1.10. The largest absolute Gasteiger partial charge is 0.394 e. The van der Waals surface area contributed by atoms with E-state index in [-0.39, 0.29) is 0 Å². The Morgan fingerprint density at radius 3 is 2.11 bits per heavy atom. The summed E-state index contributed by atoms with van der Waals surface area (Å²) < 4.78 is 21.7. The molecule has 0 radical (unpaired) electrons. The monoisotopic (exact) mass is 298 g/mol. The van der Waals surface area contributed by atoms with E-state index in [4.69, 9.17) is 35.5 Å². The quantitative estimate of drug-likeness (QED) is 0.687. The highest BCUT2D eigenvalue weighted by atomic mass is 35.5. The molecule has 2 N–H and O–H groups in total. The number of methoxy groups -OCH3 is 2. The average molecular weight is 299 g/mol. The Balaban J connectivity index is 2.97. The van der Waals surface area contributed by atoms with E-state index in [1.54, 1.807) is 6.92 Å². The lowest BCUT2D eigenvalue weighted by atomic mass is 9.87. The van der Waals surface area contributed by atoms with Crippen LogP contribution in [-0.2, 0) is 18.5 Å². The minimum absolute atomic E-state index is 0.400. The third kappa shape index (κ3) is 3.21. The van der Waals surface area contributed by atoms with Crippen molar-refractivity contribution in [2.75, 3.05) is 20.8 Å². The fourth-order valence-corrected chi connectivity index (χ4v) is 2.72. The van der Waals surface area contributed by atoms with Gasteiger partial charge in [0.2, 0.25) is 11.6 Å². The standard InChI is InChI=1S/C12H23ClO6/c1-9(10(15)8-14)18-11(16-2)6-4-5-7-12(11,17-3)19-13/h9-10,14-15H,4-8H2,1-3H3. The van der Waals surface area contributed by atoms with Gasteiger partial charge < -0.3 is 24.4 Å². The van der Waals surface area contributed by atoms with Gasteiger partial charge in [-0.05, 0) is 19.8 Å². The summed E-state index contributed by atoms with van der Waals surface area (Å²) >= 11 is 5.60. The Morgan fingerprint density at radius 2 is 1.68 bits per heavy atom. The molecule has 6 nitrogen and oxygen atoms in total. The summed E-state index contributed by atoms with van der Waals surface area (Å²) in [5.74, 6) is -2.44. The summed E-state index contributed by atoms with van der Waals surface area (Å²) in [4.78, 5) is 0. The molecule has 0 aromatic rings. The lowest BCUT2D eigenvalue weighted by Crippen LogP contribution is -2.62. The first kappa shape index (κ1) is 17.1. The van der Waals surface area contributed by atoms with Crippen LogP contribution in [0.3, 0.4) is 0 Å². The second-order valence-corrected chi connectivity index (χ2v) is 4.93. The molecule has 1 saturated carbocycles. The van der Waals surface area contributed by atoms with Crippen molar-refractivity contribution >= 4 is 11.9 Å². The fourth-order valence-electron chi connectivity index (χ4n) is 2.46. The normalized spacial score (nSPS) is 35.1. The van der Waals surface area contributed by atoms with Gasteiger partial charge in [-0.3, -0.25) is 0 Å². The first-order chi connectivity index (χ1) is 9.00. The highest BCUT2D eigenvalue weighted by Crippen LogP contribution is 2.45. The lowest BCUT2D eigenvalue weighted by Gasteiger charge is -2.49. The molecule has 1 fully saturated rings. The first-order valence-corrected chi connectivity index (χ1v) is 6.68. The van der Waals surface area contributed by atoms with Crippen LogP contribution in [0.4, 0.5) is 0 Å². The molecule has 0 amide bonds. The van der Waals surface area contributed by atoms with Crippen molar-refractivity contribution in [1.82, 2.24) is 0 Å². The predicted octanol–water partition coefficient (Wildman–Crippen LogP) is 1.17. The van der Waals surface area contributed by atoms with Crippen molar-refractivity contribution in [1.29, 1.82) is 0 Å². The predicted molar refractivity (Wildman–Crippen MR) is 68.5 cm³/mol. The Labute approximate surface area is 118 Å². The average Bonchev–Trinajstić information content (AvgIpc) is 2.46. The van der Waals surface area contributed by atoms with Gasteiger partial charge in [-0.2, -0.15) is 0 Å². The van der Waals surface area contributed by atoms with Crippen LogP contribution in [0.25, 0.3) is 0 Å². The Bertz CT molecular complexity index is 273. The van der Waals surface area contributed by atoms with Crippen molar-refractivity contribution in [3.05, 3.63) is 0 Å². The molecule has 1 aliphatic carbocycles. The summed E-state index contributed by atoms with van der Waals surface area (Å²) in [7, 11) is 2.95. The van der Waals surface area contributed by atoms with Gasteiger partial charge >= 0.3 is 0 Å². The van der Waals surface area contributed by atoms with Gasteiger partial charge in [0.05, 0.1) is 24.6 Å². The van der Waals surface area contributed by atoms with Crippen LogP contribution >= 0.6 is 11.9 Å². The van der Waals surface area contributed by atoms with Crippen molar-refractivity contribution in [3.8, 4) is 0 Å². The summed E-state index contributed by atoms with van der Waals surface area (Å²) in [5, 5.41) is 18.6. The molecule has 19 heavy (non-hydrogen) atoms. The van der Waals surface area contributed by atoms with E-state index < -0.39 is 30.4 Å². The van der Waals surface area contributed by atoms with Gasteiger partial charge in [0.1, 0.15) is 6.10 Å². The molecule has 0 aliphatic heterocycles. The van der Waals surface area contributed by atoms with Crippen LogP contribution in [-0.4, -0.2) is 54.8 Å². The van der Waals surface area contributed by atoms with Crippen LogP contribution in [0.5, 0.6) is 0 Å². The Hall–Kier alpha value is 0.0500. The van der Waals surface area contributed by atoms with Crippen molar-refractivity contribution in [2.45, 2.75) is 56.4 Å². The van der Waals surface area contributed by atoms with Crippen LogP contribution in [0.2, 0.25) is 0 Å². The number of aliphatic hydroxyl groups is 2. The summed E-state index contributed by atoms with van der Waals surface area (Å²) in [6.45, 7) is 1.24. The van der Waals surface area contributed by atoms with E-state index in [9.17, 15) is 5.11 Å². The lowest BCUT2D eigenvalue weighted by molar-refractivity contribution is -0.402. The molecule has 0 heterocycles. The summed E-state index contributed by atoms with van der Waals surface area (Å²) in [5.41, 5.74) is 0. The van der Waals surface area contributed by atoms with Crippen molar-refractivity contribution in [2.24, 2.45) is 0 Å². The second kappa shape index (κ2) is 7.17. The molecule has 114 valence electrons. The van der Waals surface area contributed by atoms with E-state index in [2.05, 4.69) is 0 Å². The molecule has 7 heteroatoms. The fraction of sp³-hybridized carbons (Fsp3) is 1.00. The zero-order valence-electron chi connectivity index (χ0n) is 11.6. The van der Waals surface area contributed by atoms with E-state index in [1.165, 1.54) is 14.2 Å². The molecule has 0 aromatic heterocycles. The molecular weight excluding hydrogens is 276 g/mol. The number of hydrogen-bond acceptors (Lipinski definition) is 6. The zero-order chi connectivity index (χ0) is 14.5. The van der Waals surface area contributed by atoms with E-state index in [0.717, 1.165) is 12.8 Å². The molecule has 4 unspecified atom stereocenters. The number of ether oxygens (including phenoxy) is 3. The van der Waals surface area contributed by atoms with Crippen LogP contribution in [0, 0.1) is 0 Å². The van der Waals surface area contributed by atoms with Gasteiger partial charge in [0, 0.05) is 27.1 Å². The van der Waals surface area contributed by atoms with Crippen molar-refractivity contribution < 1.29 is 28.7 Å². The number of rotatable bonds is 7. The van der Waals surface area contributed by atoms with Gasteiger partial charge in [-0.15, -0.1) is 0 Å². The van der Waals surface area contributed by atoms with Gasteiger partial charge in [0.15, 0.2) is 0 Å². The van der Waals surface area contributed by atoms with Crippen LogP contribution in [0.15, 0.2) is 0 Å². The van der Waals surface area contributed by atoms with E-state index >= 15 is 0 Å². The van der Waals surface area contributed by atoms with Gasteiger partial charge in [-0.25, -0.2) is 4.29 Å². The molecule has 0 bridgehead atoms. The Kier molecular flexibility index (Phi) is 6.46. The van der Waals surface area contributed by atoms with Crippen LogP contribution < -0.4 is 0 Å². The zero-order valence-corrected chi connectivity index (χ0v) is 12.4. The highest BCUT2D eigenvalue weighted by molar-refractivity contribution is 6.07. The maximum Gasteiger partial charge on any atom is 0.241 e. The van der Waals surface area contributed by atoms with Crippen molar-refractivity contribution in [3.63, 3.8) is 0 Å². The van der Waals surface area contributed by atoms with E-state index in [1.807, 2.05) is 0 Å². The molecule has 0 aromatic carbocycles. The highest BCUT2D eigenvalue weighted by Gasteiger charge is 2.58. The van der Waals surface area contributed by atoms with Gasteiger partial charge in [0.25, 0.3) is 0 Å². The molecule has 1 rings (SSSR count).